The van der Waals surface area contributed by atoms with Crippen LogP contribution in [-0.4, -0.2) is 16.2 Å². The fourth-order valence-corrected chi connectivity index (χ4v) is 2.07. The molecule has 2 aromatic rings. The molecule has 21 heavy (non-hydrogen) atoms. The molecule has 2 aromatic carbocycles. The van der Waals surface area contributed by atoms with Crippen molar-refractivity contribution >= 4 is 23.5 Å². The van der Waals surface area contributed by atoms with E-state index in [0.29, 0.717) is 0 Å². The Morgan fingerprint density at radius 2 is 2.00 bits per heavy atom. The number of hydrogen-bond donors (Lipinski definition) is 1. The number of phenols is 1. The van der Waals surface area contributed by atoms with Crippen molar-refractivity contribution in [2.45, 2.75) is 13.0 Å². The van der Waals surface area contributed by atoms with Crippen molar-refractivity contribution in [1.29, 1.82) is 0 Å². The maximum atomic E-state index is 10.8. The van der Waals surface area contributed by atoms with Gasteiger partial charge < -0.3 is 5.11 Å². The van der Waals surface area contributed by atoms with Crippen molar-refractivity contribution in [3.05, 3.63) is 68.7 Å². The smallest absolute Gasteiger partial charge is 0.312 e. The molecule has 1 N–H and O–H groups in total. The van der Waals surface area contributed by atoms with Crippen molar-refractivity contribution in [2.24, 2.45) is 4.99 Å². The largest absolute Gasteiger partial charge is 0.502 e. The topological polar surface area (TPSA) is 75.7 Å². The minimum absolute atomic E-state index is 0.136. The van der Waals surface area contributed by atoms with Gasteiger partial charge in [-0.2, -0.15) is 0 Å². The van der Waals surface area contributed by atoms with Gasteiger partial charge in [0.15, 0.2) is 0 Å². The van der Waals surface area contributed by atoms with Crippen molar-refractivity contribution in [3.63, 3.8) is 0 Å². The second-order valence-electron chi connectivity index (χ2n) is 4.48. The van der Waals surface area contributed by atoms with Crippen LogP contribution < -0.4 is 0 Å². The van der Waals surface area contributed by atoms with Crippen LogP contribution in [0.15, 0.2) is 47.5 Å². The van der Waals surface area contributed by atoms with Gasteiger partial charge in [0.2, 0.25) is 5.75 Å². The molecule has 6 heteroatoms. The standard InChI is InChI=1S/C15H13ClN2O3/c1-10(11-5-3-2-4-6-11)17-9-12-7-13(16)8-14(15(12)19)18(20)21/h2-10,19H,1H3/t10-/m1/s1. The summed E-state index contributed by atoms with van der Waals surface area (Å²) in [4.78, 5) is 14.4. The molecular formula is C15H13ClN2O3. The molecule has 5 nitrogen and oxygen atoms in total. The number of nitrogens with zero attached hydrogens (tertiary/aromatic N) is 2. The van der Waals surface area contributed by atoms with Gasteiger partial charge in [0.1, 0.15) is 0 Å². The van der Waals surface area contributed by atoms with Gasteiger partial charge in [-0.25, -0.2) is 0 Å². The van der Waals surface area contributed by atoms with Crippen LogP contribution in [0.1, 0.15) is 24.1 Å². The lowest BCUT2D eigenvalue weighted by Gasteiger charge is -2.06. The summed E-state index contributed by atoms with van der Waals surface area (Å²) in [6, 6.07) is 12.0. The van der Waals surface area contributed by atoms with Gasteiger partial charge in [-0.15, -0.1) is 0 Å². The van der Waals surface area contributed by atoms with Crippen molar-refractivity contribution < 1.29 is 10.0 Å². The maximum Gasteiger partial charge on any atom is 0.312 e. The fraction of sp³-hybridized carbons (Fsp3) is 0.133. The minimum Gasteiger partial charge on any atom is -0.502 e. The number of halogens is 1. The van der Waals surface area contributed by atoms with Crippen LogP contribution in [0, 0.1) is 10.1 Å². The minimum atomic E-state index is -0.681. The van der Waals surface area contributed by atoms with Gasteiger partial charge in [0.05, 0.1) is 11.0 Å². The van der Waals surface area contributed by atoms with Crippen LogP contribution in [0.25, 0.3) is 0 Å². The van der Waals surface area contributed by atoms with E-state index in [1.54, 1.807) is 0 Å². The van der Waals surface area contributed by atoms with E-state index in [1.807, 2.05) is 37.3 Å². The Bertz CT molecular complexity index is 687. The molecule has 0 unspecified atom stereocenters. The molecule has 0 aliphatic carbocycles. The van der Waals surface area contributed by atoms with Crippen LogP contribution in [0.2, 0.25) is 5.02 Å². The highest BCUT2D eigenvalue weighted by molar-refractivity contribution is 6.31. The first kappa shape index (κ1) is 15.0. The lowest BCUT2D eigenvalue weighted by atomic mass is 10.1. The average molecular weight is 305 g/mol. The van der Waals surface area contributed by atoms with Crippen molar-refractivity contribution in [1.82, 2.24) is 0 Å². The lowest BCUT2D eigenvalue weighted by Crippen LogP contribution is -1.94. The van der Waals surface area contributed by atoms with E-state index in [4.69, 9.17) is 11.6 Å². The van der Waals surface area contributed by atoms with Gasteiger partial charge in [-0.3, -0.25) is 15.1 Å². The van der Waals surface area contributed by atoms with Gasteiger partial charge in [-0.1, -0.05) is 41.9 Å². The number of nitro groups is 1. The zero-order chi connectivity index (χ0) is 15.4. The quantitative estimate of drug-likeness (QED) is 0.524. The Hall–Kier alpha value is -2.40. The predicted octanol–water partition coefficient (Wildman–Crippen LogP) is 4.13. The second-order valence-corrected chi connectivity index (χ2v) is 4.92. The van der Waals surface area contributed by atoms with Crippen LogP contribution in [-0.2, 0) is 0 Å². The first-order valence-electron chi connectivity index (χ1n) is 6.24. The average Bonchev–Trinajstić information content (AvgIpc) is 2.48. The number of aromatic hydroxyl groups is 1. The lowest BCUT2D eigenvalue weighted by molar-refractivity contribution is -0.385. The summed E-state index contributed by atoms with van der Waals surface area (Å²) in [5.74, 6) is -0.437. The Labute approximate surface area is 126 Å². The van der Waals surface area contributed by atoms with E-state index in [1.165, 1.54) is 12.3 Å². The molecule has 0 fully saturated rings. The molecule has 108 valence electrons. The third-order valence-corrected chi connectivity index (χ3v) is 3.22. The highest BCUT2D eigenvalue weighted by Gasteiger charge is 2.17. The molecule has 0 spiro atoms. The SMILES string of the molecule is C[C@@H](N=Cc1cc(Cl)cc([N+](=O)[O-])c1O)c1ccccc1. The third-order valence-electron chi connectivity index (χ3n) is 3.00. The Morgan fingerprint density at radius 1 is 1.33 bits per heavy atom. The monoisotopic (exact) mass is 304 g/mol. The summed E-state index contributed by atoms with van der Waals surface area (Å²) in [5.41, 5.74) is 0.790. The van der Waals surface area contributed by atoms with Gasteiger partial charge in [0.25, 0.3) is 0 Å². The molecule has 0 aliphatic heterocycles. The summed E-state index contributed by atoms with van der Waals surface area (Å²) in [6.07, 6.45) is 1.39. The first-order chi connectivity index (χ1) is 9.99. The van der Waals surface area contributed by atoms with E-state index < -0.39 is 16.4 Å². The third kappa shape index (κ3) is 3.58. The van der Waals surface area contributed by atoms with Crippen LogP contribution in [0.4, 0.5) is 5.69 Å². The van der Waals surface area contributed by atoms with Crippen LogP contribution in [0.3, 0.4) is 0 Å². The molecule has 1 atom stereocenters. The fourth-order valence-electron chi connectivity index (χ4n) is 1.85. The highest BCUT2D eigenvalue weighted by Crippen LogP contribution is 2.32. The number of benzene rings is 2. The second kappa shape index (κ2) is 6.37. The van der Waals surface area contributed by atoms with E-state index in [-0.39, 0.29) is 16.6 Å². The molecule has 0 heterocycles. The van der Waals surface area contributed by atoms with E-state index in [2.05, 4.69) is 4.99 Å². The van der Waals surface area contributed by atoms with Gasteiger partial charge in [-0.05, 0) is 18.6 Å². The summed E-state index contributed by atoms with van der Waals surface area (Å²) < 4.78 is 0. The number of phenolic OH excluding ortho intramolecular Hbond substituents is 1. The maximum absolute atomic E-state index is 10.8. The predicted molar refractivity (Wildman–Crippen MR) is 82.2 cm³/mol. The van der Waals surface area contributed by atoms with E-state index in [0.717, 1.165) is 11.6 Å². The summed E-state index contributed by atoms with van der Waals surface area (Å²) >= 11 is 5.82. The van der Waals surface area contributed by atoms with E-state index >= 15 is 0 Å². The Balaban J connectivity index is 2.31. The van der Waals surface area contributed by atoms with Crippen molar-refractivity contribution in [3.8, 4) is 5.75 Å². The van der Waals surface area contributed by atoms with Crippen molar-refractivity contribution in [2.75, 3.05) is 0 Å². The summed E-state index contributed by atoms with van der Waals surface area (Å²) in [7, 11) is 0. The van der Waals surface area contributed by atoms with Gasteiger partial charge >= 0.3 is 5.69 Å². The normalized spacial score (nSPS) is 12.5. The molecule has 0 amide bonds. The molecular weight excluding hydrogens is 292 g/mol. The summed E-state index contributed by atoms with van der Waals surface area (Å²) in [5, 5.41) is 20.9. The highest BCUT2D eigenvalue weighted by atomic mass is 35.5. The van der Waals surface area contributed by atoms with E-state index in [9.17, 15) is 15.2 Å². The zero-order valence-corrected chi connectivity index (χ0v) is 12.0. The Kier molecular flexibility index (Phi) is 4.55. The number of aliphatic imine (C=N–C) groups is 1. The molecule has 0 saturated heterocycles. The first-order valence-corrected chi connectivity index (χ1v) is 6.62. The molecule has 0 aromatic heterocycles. The number of rotatable bonds is 4. The van der Waals surface area contributed by atoms with Gasteiger partial charge in [0, 0.05) is 22.9 Å². The molecule has 2 rings (SSSR count). The molecule has 0 radical (unpaired) electrons. The van der Waals surface area contributed by atoms with Crippen LogP contribution >= 0.6 is 11.6 Å². The number of hydrogen-bond acceptors (Lipinski definition) is 4. The van der Waals surface area contributed by atoms with Crippen LogP contribution in [0.5, 0.6) is 5.75 Å². The molecule has 0 aliphatic rings. The number of nitro benzene ring substituents is 1. The summed E-state index contributed by atoms with van der Waals surface area (Å²) in [6.45, 7) is 1.89. The Morgan fingerprint density at radius 3 is 2.62 bits per heavy atom. The zero-order valence-electron chi connectivity index (χ0n) is 11.2. The molecule has 0 bridgehead atoms. The molecule has 0 saturated carbocycles.